The lowest BCUT2D eigenvalue weighted by Gasteiger charge is -2.21. The number of fused-ring (bicyclic) bond motifs is 2. The van der Waals surface area contributed by atoms with E-state index in [-0.39, 0.29) is 29.4 Å². The van der Waals surface area contributed by atoms with E-state index >= 15 is 0 Å². The van der Waals surface area contributed by atoms with Gasteiger partial charge in [-0.05, 0) is 0 Å². The number of nitrogens with two attached hydrogens (primary N) is 2. The van der Waals surface area contributed by atoms with Gasteiger partial charge in [-0.15, -0.1) is 0 Å². The minimum atomic E-state index is -5.87. The molecule has 280 valence electrons. The fraction of sp³-hybridized carbons (Fsp3) is 0.545. The third-order valence-corrected chi connectivity index (χ3v) is 12.0. The second-order valence-corrected chi connectivity index (χ2v) is 15.8. The first-order valence-corrected chi connectivity index (χ1v) is 19.0. The molecular weight excluding hydrogens is 753 g/mol. The Morgan fingerprint density at radius 2 is 1.71 bits per heavy atom. The van der Waals surface area contributed by atoms with Gasteiger partial charge in [0, 0.05) is 13.5 Å². The standard InChI is InChI=1S/C22H31N10O16P3/c1-30-8-32(18-13(30)19(35)29-22(24)28-18)21-15(34)14(33)11(46-21)5-44-50(38,39)48-51(40,41)47-49(36,37)43-4-9-3-10(42-2)20(45-9)31-7-27-12-16(23)25-6-26-17(12)31/h6-11,14-15,20-21,33-34H,3-5H2,1-2H3,(H7-,23,24,25,26,28,29,35,36,37,38,39,40,41)/p+1/t9?,10-,11?,14-,15-,20?,21-/m1/s1. The van der Waals surface area contributed by atoms with E-state index in [0.29, 0.717) is 11.2 Å². The van der Waals surface area contributed by atoms with E-state index in [1.54, 1.807) is 0 Å². The number of anilines is 2. The molecule has 2 aliphatic heterocycles. The number of nitrogens with zero attached hydrogens (tertiary/aromatic N) is 7. The number of aromatic nitrogens is 8. The lowest BCUT2D eigenvalue weighted by Crippen LogP contribution is -2.46. The molecule has 0 saturated carbocycles. The van der Waals surface area contributed by atoms with Gasteiger partial charge in [-0.25, -0.2) is 33.2 Å². The maximum absolute atomic E-state index is 12.5. The van der Waals surface area contributed by atoms with Crippen LogP contribution in [0.15, 0.2) is 23.8 Å². The number of aliphatic hydroxyl groups is 2. The number of phosphoric acid groups is 3. The average molecular weight is 785 g/mol. The maximum atomic E-state index is 12.5. The number of nitrogens with one attached hydrogen (secondary N) is 1. The number of ether oxygens (including phenoxy) is 3. The van der Waals surface area contributed by atoms with Crippen molar-refractivity contribution in [3.63, 3.8) is 0 Å². The molecule has 2 aliphatic rings. The third kappa shape index (κ3) is 7.76. The van der Waals surface area contributed by atoms with Gasteiger partial charge >= 0.3 is 29.1 Å². The van der Waals surface area contributed by atoms with Gasteiger partial charge in [-0.1, -0.05) is 4.98 Å². The highest BCUT2D eigenvalue weighted by Gasteiger charge is 2.49. The Bertz CT molecular complexity index is 2150. The molecule has 0 aliphatic carbocycles. The SMILES string of the molecule is CO[C@@H]1CC(COP(=O)(O)OP(=O)(O)OP(=O)(O)OCC2O[C@@H]([n+]3cn(C)c4c(=O)[nH]c(N)nc43)[C@H](O)[C@@H]2O)OC1n1cnc2c(N)ncnc21. The minimum absolute atomic E-state index is 0.0351. The zero-order valence-corrected chi connectivity index (χ0v) is 28.9. The van der Waals surface area contributed by atoms with Gasteiger partial charge in [-0.2, -0.15) is 8.62 Å². The van der Waals surface area contributed by atoms with Crippen molar-refractivity contribution < 1.29 is 75.0 Å². The molecule has 2 fully saturated rings. The van der Waals surface area contributed by atoms with Crippen molar-refractivity contribution >= 4 is 57.6 Å². The van der Waals surface area contributed by atoms with Gasteiger partial charge < -0.3 is 50.6 Å². The number of hydrogen-bond acceptors (Lipinski definition) is 19. The van der Waals surface area contributed by atoms with Crippen LogP contribution in [0.1, 0.15) is 18.9 Å². The van der Waals surface area contributed by atoms with Gasteiger partial charge in [0.2, 0.25) is 11.7 Å². The molecule has 0 aromatic carbocycles. The first kappa shape index (κ1) is 37.5. The Morgan fingerprint density at radius 1 is 1.02 bits per heavy atom. The summed E-state index contributed by atoms with van der Waals surface area (Å²) in [4.78, 5) is 61.0. The molecule has 10 N–H and O–H groups in total. The zero-order chi connectivity index (χ0) is 37.0. The van der Waals surface area contributed by atoms with Gasteiger partial charge in [0.15, 0.2) is 24.0 Å². The minimum Gasteiger partial charge on any atom is -0.387 e. The Balaban J connectivity index is 1.03. The number of nitrogen functional groups attached to an aromatic ring is 2. The molecule has 26 nitrogen and oxygen atoms in total. The first-order valence-electron chi connectivity index (χ1n) is 14.5. The van der Waals surface area contributed by atoms with Crippen molar-refractivity contribution in [2.24, 2.45) is 7.05 Å². The largest absolute Gasteiger partial charge is 0.490 e. The molecular formula is C22H32N10O16P3+. The molecule has 4 aromatic heterocycles. The number of hydrogen-bond donors (Lipinski definition) is 8. The lowest BCUT2D eigenvalue weighted by molar-refractivity contribution is -0.745. The Labute approximate surface area is 284 Å². The van der Waals surface area contributed by atoms with Crippen LogP contribution in [0.5, 0.6) is 0 Å². The van der Waals surface area contributed by atoms with Crippen molar-refractivity contribution in [3.05, 3.63) is 29.3 Å². The highest BCUT2D eigenvalue weighted by Crippen LogP contribution is 2.67. The topological polar surface area (TPSA) is 367 Å². The summed E-state index contributed by atoms with van der Waals surface area (Å²) in [5.41, 5.74) is 11.4. The predicted octanol–water partition coefficient (Wildman–Crippen LogP) is -2.16. The van der Waals surface area contributed by atoms with Crippen molar-refractivity contribution in [1.82, 2.24) is 34.1 Å². The predicted molar refractivity (Wildman–Crippen MR) is 164 cm³/mol. The molecule has 2 saturated heterocycles. The number of imidazole rings is 2. The summed E-state index contributed by atoms with van der Waals surface area (Å²) in [5, 5.41) is 21.1. The summed E-state index contributed by atoms with van der Waals surface area (Å²) < 4.78 is 76.1. The van der Waals surface area contributed by atoms with E-state index < -0.39 is 85.2 Å². The smallest absolute Gasteiger partial charge is 0.387 e. The molecule has 6 unspecified atom stereocenters. The third-order valence-electron chi connectivity index (χ3n) is 7.75. The average Bonchev–Trinajstić information content (AvgIpc) is 3.78. The number of aliphatic hydroxyl groups excluding tert-OH is 2. The fourth-order valence-electron chi connectivity index (χ4n) is 5.56. The summed E-state index contributed by atoms with van der Waals surface area (Å²) in [7, 11) is -14.1. The second-order valence-electron chi connectivity index (χ2n) is 11.2. The van der Waals surface area contributed by atoms with Crippen molar-refractivity contribution in [3.8, 4) is 0 Å². The molecule has 0 bridgehead atoms. The number of methoxy groups -OCH3 is 1. The number of aromatic amines is 1. The Hall–Kier alpha value is -3.29. The van der Waals surface area contributed by atoms with Crippen LogP contribution in [-0.4, -0.2) is 110 Å². The molecule has 29 heteroatoms. The van der Waals surface area contributed by atoms with Crippen LogP contribution in [0.2, 0.25) is 0 Å². The molecule has 51 heavy (non-hydrogen) atoms. The van der Waals surface area contributed by atoms with E-state index in [4.69, 9.17) is 30.2 Å². The summed E-state index contributed by atoms with van der Waals surface area (Å²) in [5.74, 6) is -0.136. The normalized spacial score (nSPS) is 29.0. The van der Waals surface area contributed by atoms with Crippen molar-refractivity contribution in [1.29, 1.82) is 0 Å². The summed E-state index contributed by atoms with van der Waals surface area (Å²) in [6, 6.07) is 0. The van der Waals surface area contributed by atoms with Crippen molar-refractivity contribution in [2.45, 2.75) is 49.4 Å². The van der Waals surface area contributed by atoms with Gasteiger partial charge in [-0.3, -0.25) is 28.0 Å². The Morgan fingerprint density at radius 3 is 2.39 bits per heavy atom. The molecule has 6 rings (SSSR count). The molecule has 0 radical (unpaired) electrons. The highest BCUT2D eigenvalue weighted by atomic mass is 31.3. The monoisotopic (exact) mass is 785 g/mol. The van der Waals surface area contributed by atoms with Gasteiger partial charge in [0.25, 0.3) is 11.5 Å². The van der Waals surface area contributed by atoms with E-state index in [1.165, 1.54) is 46.8 Å². The highest BCUT2D eigenvalue weighted by molar-refractivity contribution is 7.66. The fourth-order valence-corrected chi connectivity index (χ4v) is 9.10. The van der Waals surface area contributed by atoms with E-state index in [9.17, 15) is 43.4 Å². The number of aryl methyl sites for hydroxylation is 1. The summed E-state index contributed by atoms with van der Waals surface area (Å²) in [6.45, 7) is -1.71. The van der Waals surface area contributed by atoms with Gasteiger partial charge in [0.05, 0.1) is 32.7 Å². The maximum Gasteiger partial charge on any atom is 0.490 e. The number of rotatable bonds is 13. The quantitative estimate of drug-likeness (QED) is 0.0528. The lowest BCUT2D eigenvalue weighted by atomic mass is 10.1. The number of phosphoric ester groups is 2. The Kier molecular flexibility index (Phi) is 10.2. The number of H-pyrrole nitrogens is 1. The van der Waals surface area contributed by atoms with Crippen molar-refractivity contribution in [2.75, 3.05) is 31.8 Å². The van der Waals surface area contributed by atoms with Crippen LogP contribution in [0, 0.1) is 0 Å². The van der Waals surface area contributed by atoms with Crippen LogP contribution in [0.25, 0.3) is 22.3 Å². The van der Waals surface area contributed by atoms with Crippen LogP contribution >= 0.6 is 23.5 Å². The first-order chi connectivity index (χ1) is 23.9. The zero-order valence-electron chi connectivity index (χ0n) is 26.2. The van der Waals surface area contributed by atoms with Crippen LogP contribution in [0.3, 0.4) is 0 Å². The van der Waals surface area contributed by atoms with Crippen LogP contribution in [-0.2, 0) is 52.6 Å². The van der Waals surface area contributed by atoms with E-state index in [2.05, 4.69) is 38.1 Å². The van der Waals surface area contributed by atoms with Gasteiger partial charge in [0.1, 0.15) is 36.3 Å². The molecule has 0 amide bonds. The second kappa shape index (κ2) is 13.9. The van der Waals surface area contributed by atoms with E-state index in [0.717, 1.165) is 0 Å². The molecule has 0 spiro atoms. The van der Waals surface area contributed by atoms with Crippen LogP contribution < -0.4 is 21.6 Å². The van der Waals surface area contributed by atoms with Crippen LogP contribution in [0.4, 0.5) is 11.8 Å². The molecule has 6 heterocycles. The molecule has 4 aromatic rings. The summed E-state index contributed by atoms with van der Waals surface area (Å²) in [6.07, 6.45) is -4.87. The molecule has 10 atom stereocenters. The summed E-state index contributed by atoms with van der Waals surface area (Å²) >= 11 is 0. The van der Waals surface area contributed by atoms with E-state index in [1.807, 2.05) is 0 Å².